The van der Waals surface area contributed by atoms with E-state index in [0.29, 0.717) is 19.5 Å². The number of methoxy groups -OCH3 is 1. The van der Waals surface area contributed by atoms with E-state index in [1.807, 2.05) is 23.4 Å². The van der Waals surface area contributed by atoms with Gasteiger partial charge < -0.3 is 14.4 Å². The van der Waals surface area contributed by atoms with E-state index in [0.717, 1.165) is 11.6 Å². The highest BCUT2D eigenvalue weighted by atomic mass is 16.5. The fourth-order valence-corrected chi connectivity index (χ4v) is 2.21. The van der Waals surface area contributed by atoms with Crippen LogP contribution in [0.15, 0.2) is 0 Å². The first-order chi connectivity index (χ1) is 8.52. The lowest BCUT2D eigenvalue weighted by molar-refractivity contribution is -0.146. The number of rotatable bonds is 3. The molecule has 1 fully saturated rings. The molecular weight excluding hydrogens is 236 g/mol. The first kappa shape index (κ1) is 13.0. The van der Waals surface area contributed by atoms with Gasteiger partial charge in [0.05, 0.1) is 19.8 Å². The predicted octanol–water partition coefficient (Wildman–Crippen LogP) is -0.768. The van der Waals surface area contributed by atoms with Crippen LogP contribution in [0, 0.1) is 6.92 Å². The zero-order valence-corrected chi connectivity index (χ0v) is 10.8. The molecule has 1 N–H and O–H groups in total. The van der Waals surface area contributed by atoms with Crippen LogP contribution in [0.2, 0.25) is 0 Å². The summed E-state index contributed by atoms with van der Waals surface area (Å²) < 4.78 is 6.63. The molecule has 0 radical (unpaired) electrons. The maximum absolute atomic E-state index is 11.6. The van der Waals surface area contributed by atoms with Crippen LogP contribution in [0.4, 0.5) is 0 Å². The van der Waals surface area contributed by atoms with Crippen LogP contribution in [-0.2, 0) is 23.1 Å². The Hall–Kier alpha value is -1.47. The third kappa shape index (κ3) is 2.37. The van der Waals surface area contributed by atoms with Crippen molar-refractivity contribution in [2.75, 3.05) is 13.7 Å². The van der Waals surface area contributed by atoms with E-state index in [2.05, 4.69) is 10.2 Å². The van der Waals surface area contributed by atoms with Gasteiger partial charge in [0.25, 0.3) is 0 Å². The van der Waals surface area contributed by atoms with E-state index in [9.17, 15) is 9.90 Å². The van der Waals surface area contributed by atoms with Gasteiger partial charge in [-0.3, -0.25) is 9.69 Å². The van der Waals surface area contributed by atoms with Crippen molar-refractivity contribution < 1.29 is 14.6 Å². The van der Waals surface area contributed by atoms with Gasteiger partial charge in [0.1, 0.15) is 17.7 Å². The lowest BCUT2D eigenvalue weighted by atomic mass is 10.2. The molecule has 0 saturated carbocycles. The van der Waals surface area contributed by atoms with E-state index in [-0.39, 0.29) is 5.97 Å². The van der Waals surface area contributed by atoms with E-state index >= 15 is 0 Å². The minimum Gasteiger partial charge on any atom is -0.468 e. The molecule has 7 heteroatoms. The quantitative estimate of drug-likeness (QED) is 0.714. The van der Waals surface area contributed by atoms with E-state index in [1.165, 1.54) is 7.11 Å². The van der Waals surface area contributed by atoms with E-state index in [4.69, 9.17) is 4.74 Å². The third-order valence-electron chi connectivity index (χ3n) is 3.38. The number of esters is 1. The maximum atomic E-state index is 11.6. The highest BCUT2D eigenvalue weighted by molar-refractivity contribution is 5.76. The fraction of sp³-hybridized carbons (Fsp3) is 0.727. The standard InChI is InChI=1S/C11H18N4O3/c1-7-12-13-10(14(7)2)6-15-5-8(16)4-9(15)11(17)18-3/h8-9,16H,4-6H2,1-3H3. The summed E-state index contributed by atoms with van der Waals surface area (Å²) in [6.07, 6.45) is -0.0906. The molecule has 0 aliphatic carbocycles. The van der Waals surface area contributed by atoms with Gasteiger partial charge in [-0.25, -0.2) is 0 Å². The Morgan fingerprint density at radius 3 is 2.83 bits per heavy atom. The molecule has 0 aromatic carbocycles. The van der Waals surface area contributed by atoms with Crippen molar-refractivity contribution in [1.29, 1.82) is 0 Å². The van der Waals surface area contributed by atoms with Gasteiger partial charge in [-0.15, -0.1) is 10.2 Å². The van der Waals surface area contributed by atoms with E-state index < -0.39 is 12.1 Å². The lowest BCUT2D eigenvalue weighted by Gasteiger charge is -2.21. The first-order valence-electron chi connectivity index (χ1n) is 5.87. The molecule has 1 aromatic heterocycles. The van der Waals surface area contributed by atoms with Crippen molar-refractivity contribution in [1.82, 2.24) is 19.7 Å². The number of aryl methyl sites for hydroxylation is 1. The zero-order valence-electron chi connectivity index (χ0n) is 10.8. The molecule has 0 amide bonds. The number of carbonyl (C=O) groups is 1. The summed E-state index contributed by atoms with van der Waals surface area (Å²) in [6, 6.07) is -0.401. The average molecular weight is 254 g/mol. The molecule has 1 aromatic rings. The smallest absolute Gasteiger partial charge is 0.323 e. The number of ether oxygens (including phenoxy) is 1. The minimum absolute atomic E-state index is 0.314. The Balaban J connectivity index is 2.12. The molecule has 2 rings (SSSR count). The number of hydrogen-bond donors (Lipinski definition) is 1. The number of β-amino-alcohol motifs (C(OH)–C–C–N with tert-alkyl or cyclic N) is 1. The topological polar surface area (TPSA) is 80.5 Å². The number of hydrogen-bond acceptors (Lipinski definition) is 6. The second-order valence-corrected chi connectivity index (χ2v) is 4.58. The van der Waals surface area contributed by atoms with Crippen LogP contribution >= 0.6 is 0 Å². The second-order valence-electron chi connectivity index (χ2n) is 4.58. The number of aromatic nitrogens is 3. The summed E-state index contributed by atoms with van der Waals surface area (Å²) in [5, 5.41) is 17.7. The highest BCUT2D eigenvalue weighted by Gasteiger charge is 2.37. The summed E-state index contributed by atoms with van der Waals surface area (Å²) in [5.74, 6) is 1.28. The van der Waals surface area contributed by atoms with Crippen LogP contribution in [0.1, 0.15) is 18.1 Å². The summed E-state index contributed by atoms with van der Waals surface area (Å²) in [6.45, 7) is 2.80. The molecule has 100 valence electrons. The van der Waals surface area contributed by atoms with Crippen molar-refractivity contribution in [2.45, 2.75) is 32.0 Å². The minimum atomic E-state index is -0.497. The fourth-order valence-electron chi connectivity index (χ4n) is 2.21. The Kier molecular flexibility index (Phi) is 3.63. The largest absolute Gasteiger partial charge is 0.468 e. The van der Waals surface area contributed by atoms with Crippen molar-refractivity contribution >= 4 is 5.97 Å². The Bertz CT molecular complexity index is 445. The van der Waals surface area contributed by atoms with E-state index in [1.54, 1.807) is 0 Å². The molecule has 1 aliphatic heterocycles. The number of likely N-dealkylation sites (tertiary alicyclic amines) is 1. The molecule has 2 atom stereocenters. The monoisotopic (exact) mass is 254 g/mol. The number of aliphatic hydroxyl groups is 1. The van der Waals surface area contributed by atoms with Crippen molar-refractivity contribution in [3.63, 3.8) is 0 Å². The molecule has 2 unspecified atom stereocenters. The van der Waals surface area contributed by atoms with Gasteiger partial charge in [-0.1, -0.05) is 0 Å². The van der Waals surface area contributed by atoms with Gasteiger partial charge in [0.2, 0.25) is 0 Å². The lowest BCUT2D eigenvalue weighted by Crippen LogP contribution is -2.37. The molecule has 7 nitrogen and oxygen atoms in total. The molecule has 1 saturated heterocycles. The highest BCUT2D eigenvalue weighted by Crippen LogP contribution is 2.21. The van der Waals surface area contributed by atoms with Crippen molar-refractivity contribution in [3.05, 3.63) is 11.6 Å². The number of nitrogens with zero attached hydrogens (tertiary/aromatic N) is 4. The summed E-state index contributed by atoms with van der Waals surface area (Å²) in [4.78, 5) is 13.5. The summed E-state index contributed by atoms with van der Waals surface area (Å²) in [7, 11) is 3.24. The summed E-state index contributed by atoms with van der Waals surface area (Å²) >= 11 is 0. The van der Waals surface area contributed by atoms with Crippen LogP contribution in [0.3, 0.4) is 0 Å². The molecule has 18 heavy (non-hydrogen) atoms. The first-order valence-corrected chi connectivity index (χ1v) is 5.87. The Labute approximate surface area is 105 Å². The van der Waals surface area contributed by atoms with Crippen LogP contribution in [-0.4, -0.2) is 56.5 Å². The van der Waals surface area contributed by atoms with Gasteiger partial charge in [0.15, 0.2) is 0 Å². The van der Waals surface area contributed by atoms with Crippen molar-refractivity contribution in [2.24, 2.45) is 7.05 Å². The Morgan fingerprint density at radius 1 is 1.56 bits per heavy atom. The second kappa shape index (κ2) is 5.03. The number of carbonyl (C=O) groups excluding carboxylic acids is 1. The molecular formula is C11H18N4O3. The van der Waals surface area contributed by atoms with Gasteiger partial charge in [0, 0.05) is 20.0 Å². The molecule has 1 aliphatic rings. The number of aliphatic hydroxyl groups excluding tert-OH is 1. The molecule has 0 spiro atoms. The Morgan fingerprint density at radius 2 is 2.28 bits per heavy atom. The maximum Gasteiger partial charge on any atom is 0.323 e. The van der Waals surface area contributed by atoms with Crippen LogP contribution in [0.25, 0.3) is 0 Å². The molecule has 0 bridgehead atoms. The average Bonchev–Trinajstić information content (AvgIpc) is 2.86. The van der Waals surface area contributed by atoms with Gasteiger partial charge in [-0.2, -0.15) is 0 Å². The van der Waals surface area contributed by atoms with Crippen LogP contribution < -0.4 is 0 Å². The van der Waals surface area contributed by atoms with Crippen LogP contribution in [0.5, 0.6) is 0 Å². The summed E-state index contributed by atoms with van der Waals surface area (Å²) in [5.41, 5.74) is 0. The normalized spacial score (nSPS) is 24.4. The van der Waals surface area contributed by atoms with Gasteiger partial charge >= 0.3 is 5.97 Å². The third-order valence-corrected chi connectivity index (χ3v) is 3.38. The molecule has 2 heterocycles. The SMILES string of the molecule is COC(=O)C1CC(O)CN1Cc1nnc(C)n1C. The predicted molar refractivity (Wildman–Crippen MR) is 62.6 cm³/mol. The zero-order chi connectivity index (χ0) is 13.3. The van der Waals surface area contributed by atoms with Crippen molar-refractivity contribution in [3.8, 4) is 0 Å². The van der Waals surface area contributed by atoms with Gasteiger partial charge in [-0.05, 0) is 6.92 Å².